The van der Waals surface area contributed by atoms with E-state index >= 15 is 0 Å². The van der Waals surface area contributed by atoms with Gasteiger partial charge in [-0.2, -0.15) is 5.10 Å². The minimum Gasteiger partial charge on any atom is -0.267 e. The predicted octanol–water partition coefficient (Wildman–Crippen LogP) is 5.24. The molecule has 0 aliphatic rings. The third-order valence-electron chi connectivity index (χ3n) is 4.24. The normalized spacial score (nSPS) is 11.0. The zero-order valence-corrected chi connectivity index (χ0v) is 15.0. The second-order valence-electron chi connectivity index (χ2n) is 6.46. The summed E-state index contributed by atoms with van der Waals surface area (Å²) < 4.78 is 0. The van der Waals surface area contributed by atoms with Crippen LogP contribution in [0.5, 0.6) is 0 Å². The Morgan fingerprint density at radius 1 is 0.846 bits per heavy atom. The Kier molecular flexibility index (Phi) is 5.59. The molecule has 0 aromatic heterocycles. The summed E-state index contributed by atoms with van der Waals surface area (Å²) >= 11 is 0. The van der Waals surface area contributed by atoms with E-state index in [9.17, 15) is 4.79 Å². The highest BCUT2D eigenvalue weighted by molar-refractivity contribution is 5.95. The van der Waals surface area contributed by atoms with E-state index in [1.807, 2.05) is 66.7 Å². The Balaban J connectivity index is 1.61. The molecule has 0 saturated carbocycles. The van der Waals surface area contributed by atoms with Crippen molar-refractivity contribution in [2.75, 3.05) is 0 Å². The number of rotatable bonds is 5. The first kappa shape index (κ1) is 17.6. The number of carbonyl (C=O) groups excluding carboxylic acids is 1. The second-order valence-corrected chi connectivity index (χ2v) is 6.46. The molecule has 3 rings (SSSR count). The van der Waals surface area contributed by atoms with E-state index in [4.69, 9.17) is 0 Å². The van der Waals surface area contributed by atoms with Crippen LogP contribution in [0.4, 0.5) is 0 Å². The molecule has 3 nitrogen and oxygen atoms in total. The maximum Gasteiger partial charge on any atom is 0.271 e. The molecule has 0 saturated heterocycles. The standard InChI is InChI=1S/C23H22N2O/c1-17(2)19-10-8-18(9-11-19)16-24-25-23(26)22-14-12-21(13-15-22)20-6-4-3-5-7-20/h3-17H,1-2H3,(H,25,26)/b24-16-. The van der Waals surface area contributed by atoms with Crippen molar-refractivity contribution in [2.45, 2.75) is 19.8 Å². The van der Waals surface area contributed by atoms with Gasteiger partial charge in [0.15, 0.2) is 0 Å². The summed E-state index contributed by atoms with van der Waals surface area (Å²) in [5.41, 5.74) is 7.60. The molecule has 0 atom stereocenters. The van der Waals surface area contributed by atoms with Crippen LogP contribution in [-0.2, 0) is 0 Å². The first-order valence-electron chi connectivity index (χ1n) is 8.72. The summed E-state index contributed by atoms with van der Waals surface area (Å²) in [7, 11) is 0. The number of hydrogen-bond acceptors (Lipinski definition) is 2. The highest BCUT2D eigenvalue weighted by atomic mass is 16.2. The SMILES string of the molecule is CC(C)c1ccc(/C=N\NC(=O)c2ccc(-c3ccccc3)cc2)cc1. The predicted molar refractivity (Wildman–Crippen MR) is 107 cm³/mol. The van der Waals surface area contributed by atoms with Crippen LogP contribution in [0.15, 0.2) is 84.0 Å². The van der Waals surface area contributed by atoms with Gasteiger partial charge in [0.05, 0.1) is 6.21 Å². The Hall–Kier alpha value is -3.20. The maximum absolute atomic E-state index is 12.2. The van der Waals surface area contributed by atoms with Crippen molar-refractivity contribution < 1.29 is 4.79 Å². The molecule has 26 heavy (non-hydrogen) atoms. The topological polar surface area (TPSA) is 41.5 Å². The van der Waals surface area contributed by atoms with Crippen LogP contribution >= 0.6 is 0 Å². The largest absolute Gasteiger partial charge is 0.271 e. The van der Waals surface area contributed by atoms with Gasteiger partial charge in [-0.05, 0) is 40.3 Å². The van der Waals surface area contributed by atoms with Crippen LogP contribution < -0.4 is 5.43 Å². The van der Waals surface area contributed by atoms with Crippen molar-refractivity contribution in [1.29, 1.82) is 0 Å². The molecule has 130 valence electrons. The molecular weight excluding hydrogens is 320 g/mol. The van der Waals surface area contributed by atoms with Crippen LogP contribution in [0.25, 0.3) is 11.1 Å². The zero-order chi connectivity index (χ0) is 18.4. The van der Waals surface area contributed by atoms with Crippen LogP contribution in [-0.4, -0.2) is 12.1 Å². The molecule has 0 heterocycles. The van der Waals surface area contributed by atoms with Crippen LogP contribution in [0.3, 0.4) is 0 Å². The third kappa shape index (κ3) is 4.45. The van der Waals surface area contributed by atoms with Crippen LogP contribution in [0, 0.1) is 0 Å². The van der Waals surface area contributed by atoms with E-state index in [1.54, 1.807) is 6.21 Å². The quantitative estimate of drug-likeness (QED) is 0.500. The third-order valence-corrected chi connectivity index (χ3v) is 4.24. The molecule has 0 aliphatic heterocycles. The van der Waals surface area contributed by atoms with Crippen LogP contribution in [0.1, 0.15) is 41.3 Å². The van der Waals surface area contributed by atoms with E-state index in [1.165, 1.54) is 5.56 Å². The van der Waals surface area contributed by atoms with E-state index in [-0.39, 0.29) is 5.91 Å². The lowest BCUT2D eigenvalue weighted by molar-refractivity contribution is 0.0955. The lowest BCUT2D eigenvalue weighted by Crippen LogP contribution is -2.17. The summed E-state index contributed by atoms with van der Waals surface area (Å²) in [4.78, 5) is 12.2. The number of hydrazone groups is 1. The fourth-order valence-corrected chi connectivity index (χ4v) is 2.64. The number of carbonyl (C=O) groups is 1. The maximum atomic E-state index is 12.2. The van der Waals surface area contributed by atoms with Gasteiger partial charge in [0, 0.05) is 5.56 Å². The lowest BCUT2D eigenvalue weighted by atomic mass is 10.0. The lowest BCUT2D eigenvalue weighted by Gasteiger charge is -2.05. The van der Waals surface area contributed by atoms with Gasteiger partial charge in [0.25, 0.3) is 5.91 Å². The highest BCUT2D eigenvalue weighted by Gasteiger charge is 2.05. The summed E-state index contributed by atoms with van der Waals surface area (Å²) in [6.07, 6.45) is 1.65. The first-order chi connectivity index (χ1) is 12.6. The Bertz CT molecular complexity index is 880. The average Bonchev–Trinajstić information content (AvgIpc) is 2.69. The van der Waals surface area contributed by atoms with Crippen molar-refractivity contribution in [3.8, 4) is 11.1 Å². The van der Waals surface area contributed by atoms with E-state index in [0.29, 0.717) is 11.5 Å². The number of amides is 1. The smallest absolute Gasteiger partial charge is 0.267 e. The summed E-state index contributed by atoms with van der Waals surface area (Å²) in [6.45, 7) is 4.32. The van der Waals surface area contributed by atoms with E-state index < -0.39 is 0 Å². The highest BCUT2D eigenvalue weighted by Crippen LogP contribution is 2.19. The molecule has 0 fully saturated rings. The van der Waals surface area contributed by atoms with Crippen molar-refractivity contribution in [3.05, 3.63) is 95.6 Å². The van der Waals surface area contributed by atoms with Gasteiger partial charge in [-0.25, -0.2) is 5.43 Å². The molecule has 0 aliphatic carbocycles. The van der Waals surface area contributed by atoms with Gasteiger partial charge in [-0.1, -0.05) is 80.6 Å². The minimum atomic E-state index is -0.223. The second kappa shape index (κ2) is 8.26. The molecule has 0 bridgehead atoms. The Morgan fingerprint density at radius 2 is 1.46 bits per heavy atom. The van der Waals surface area contributed by atoms with Gasteiger partial charge < -0.3 is 0 Å². The molecular formula is C23H22N2O. The van der Waals surface area contributed by atoms with Crippen molar-refractivity contribution in [3.63, 3.8) is 0 Å². The van der Waals surface area contributed by atoms with Crippen molar-refractivity contribution in [2.24, 2.45) is 5.10 Å². The fourth-order valence-electron chi connectivity index (χ4n) is 2.64. The van der Waals surface area contributed by atoms with Crippen LogP contribution in [0.2, 0.25) is 0 Å². The fraction of sp³-hybridized carbons (Fsp3) is 0.130. The number of nitrogens with one attached hydrogen (secondary N) is 1. The Labute approximate surface area is 154 Å². The number of hydrogen-bond donors (Lipinski definition) is 1. The molecule has 1 N–H and O–H groups in total. The van der Waals surface area contributed by atoms with Gasteiger partial charge in [0.1, 0.15) is 0 Å². The van der Waals surface area contributed by atoms with Gasteiger partial charge >= 0.3 is 0 Å². The van der Waals surface area contributed by atoms with E-state index in [2.05, 4.69) is 36.5 Å². The van der Waals surface area contributed by atoms with Gasteiger partial charge in [0.2, 0.25) is 0 Å². The summed E-state index contributed by atoms with van der Waals surface area (Å²) in [6, 6.07) is 25.7. The van der Waals surface area contributed by atoms with E-state index in [0.717, 1.165) is 16.7 Å². The molecule has 0 radical (unpaired) electrons. The summed E-state index contributed by atoms with van der Waals surface area (Å²) in [5.74, 6) is 0.277. The zero-order valence-electron chi connectivity index (χ0n) is 15.0. The average molecular weight is 342 g/mol. The van der Waals surface area contributed by atoms with Gasteiger partial charge in [-0.3, -0.25) is 4.79 Å². The molecule has 3 aromatic rings. The first-order valence-corrected chi connectivity index (χ1v) is 8.72. The number of benzene rings is 3. The Morgan fingerprint density at radius 3 is 2.08 bits per heavy atom. The molecule has 0 unspecified atom stereocenters. The minimum absolute atomic E-state index is 0.223. The molecule has 1 amide bonds. The molecule has 3 aromatic carbocycles. The monoisotopic (exact) mass is 342 g/mol. The van der Waals surface area contributed by atoms with Crippen molar-refractivity contribution >= 4 is 12.1 Å². The summed E-state index contributed by atoms with van der Waals surface area (Å²) in [5, 5.41) is 4.05. The molecule has 3 heteroatoms. The van der Waals surface area contributed by atoms with Gasteiger partial charge in [-0.15, -0.1) is 0 Å². The molecule has 0 spiro atoms. The van der Waals surface area contributed by atoms with Crippen molar-refractivity contribution in [1.82, 2.24) is 5.43 Å². The number of nitrogens with zero attached hydrogens (tertiary/aromatic N) is 1.